The molecule has 1 aromatic carbocycles. The number of aromatic nitrogens is 2. The van der Waals surface area contributed by atoms with Crippen LogP contribution in [0.2, 0.25) is 0 Å². The van der Waals surface area contributed by atoms with Gasteiger partial charge in [-0.05, 0) is 47.5 Å². The number of halogens is 1. The average Bonchev–Trinajstić information content (AvgIpc) is 2.67. The quantitative estimate of drug-likeness (QED) is 0.493. The molecule has 0 saturated heterocycles. The molecule has 0 fully saturated rings. The predicted molar refractivity (Wildman–Crippen MR) is 93.8 cm³/mol. The number of pyridine rings is 2. The molecule has 0 spiro atoms. The summed E-state index contributed by atoms with van der Waals surface area (Å²) in [7, 11) is 0. The van der Waals surface area contributed by atoms with Crippen molar-refractivity contribution in [1.82, 2.24) is 9.97 Å². The van der Waals surface area contributed by atoms with E-state index < -0.39 is 11.8 Å². The van der Waals surface area contributed by atoms with E-state index in [1.807, 2.05) is 6.07 Å². The highest BCUT2D eigenvalue weighted by molar-refractivity contribution is 5.86. The molecule has 0 unspecified atom stereocenters. The fourth-order valence-corrected chi connectivity index (χ4v) is 2.08. The van der Waals surface area contributed by atoms with E-state index >= 15 is 0 Å². The molecule has 2 aromatic heterocycles. The van der Waals surface area contributed by atoms with Gasteiger partial charge < -0.3 is 9.47 Å². The van der Waals surface area contributed by atoms with Crippen LogP contribution in [0.1, 0.15) is 11.1 Å². The van der Waals surface area contributed by atoms with Gasteiger partial charge in [0.25, 0.3) is 0 Å². The second-order valence-electron chi connectivity index (χ2n) is 5.31. The number of ether oxygens (including phenoxy) is 2. The van der Waals surface area contributed by atoms with Gasteiger partial charge >= 0.3 is 5.97 Å². The van der Waals surface area contributed by atoms with E-state index in [0.29, 0.717) is 17.1 Å². The third-order valence-electron chi connectivity index (χ3n) is 3.31. The largest absolute Gasteiger partial charge is 0.458 e. The van der Waals surface area contributed by atoms with Gasteiger partial charge in [0.2, 0.25) is 0 Å². The van der Waals surface area contributed by atoms with Crippen LogP contribution in [0.15, 0.2) is 73.3 Å². The van der Waals surface area contributed by atoms with Gasteiger partial charge in [-0.15, -0.1) is 0 Å². The van der Waals surface area contributed by atoms with Crippen LogP contribution in [0.4, 0.5) is 4.39 Å². The molecule has 3 rings (SSSR count). The zero-order valence-corrected chi connectivity index (χ0v) is 13.7. The first-order valence-electron chi connectivity index (χ1n) is 7.81. The SMILES string of the molecule is O=C(/C=C/c1cncc(F)c1)OCc1ccc(Oc2cccnc2)cc1. The van der Waals surface area contributed by atoms with E-state index in [4.69, 9.17) is 9.47 Å². The number of hydrogen-bond donors (Lipinski definition) is 0. The summed E-state index contributed by atoms with van der Waals surface area (Å²) in [6, 6.07) is 12.0. The molecule has 0 bridgehead atoms. The summed E-state index contributed by atoms with van der Waals surface area (Å²) in [5.41, 5.74) is 1.30. The van der Waals surface area contributed by atoms with Crippen molar-refractivity contribution in [3.05, 3.63) is 90.3 Å². The molecule has 26 heavy (non-hydrogen) atoms. The highest BCUT2D eigenvalue weighted by Gasteiger charge is 2.01. The lowest BCUT2D eigenvalue weighted by atomic mass is 10.2. The molecule has 0 aliphatic heterocycles. The maximum absolute atomic E-state index is 13.0. The lowest BCUT2D eigenvalue weighted by Crippen LogP contribution is -2.00. The van der Waals surface area contributed by atoms with Gasteiger partial charge in [-0.25, -0.2) is 9.18 Å². The fourth-order valence-electron chi connectivity index (χ4n) is 2.08. The first-order chi connectivity index (χ1) is 12.7. The van der Waals surface area contributed by atoms with Gasteiger partial charge in [0.15, 0.2) is 0 Å². The monoisotopic (exact) mass is 350 g/mol. The van der Waals surface area contributed by atoms with Crippen molar-refractivity contribution in [2.45, 2.75) is 6.61 Å². The van der Waals surface area contributed by atoms with Crippen molar-refractivity contribution in [3.63, 3.8) is 0 Å². The second kappa shape index (κ2) is 8.53. The van der Waals surface area contributed by atoms with Gasteiger partial charge in [-0.2, -0.15) is 0 Å². The Morgan fingerprint density at radius 3 is 2.62 bits per heavy atom. The first-order valence-corrected chi connectivity index (χ1v) is 7.81. The summed E-state index contributed by atoms with van der Waals surface area (Å²) in [5, 5.41) is 0. The van der Waals surface area contributed by atoms with Crippen LogP contribution in [0.3, 0.4) is 0 Å². The summed E-state index contributed by atoms with van der Waals surface area (Å²) in [6.07, 6.45) is 8.52. The number of nitrogens with zero attached hydrogens (tertiary/aromatic N) is 2. The standard InChI is InChI=1S/C20H15FN2O3/c21-17-10-16(11-23-12-17)5-8-20(24)25-14-15-3-6-18(7-4-15)26-19-2-1-9-22-13-19/h1-13H,14H2/b8-5+. The molecular formula is C20H15FN2O3. The number of rotatable bonds is 6. The minimum Gasteiger partial charge on any atom is -0.458 e. The molecular weight excluding hydrogens is 335 g/mol. The molecule has 2 heterocycles. The molecule has 5 nitrogen and oxygen atoms in total. The smallest absolute Gasteiger partial charge is 0.331 e. The van der Waals surface area contributed by atoms with Gasteiger partial charge in [-0.3, -0.25) is 9.97 Å². The maximum atomic E-state index is 13.0. The highest BCUT2D eigenvalue weighted by atomic mass is 19.1. The number of carbonyl (C=O) groups is 1. The normalized spacial score (nSPS) is 10.7. The lowest BCUT2D eigenvalue weighted by molar-refractivity contribution is -0.138. The van der Waals surface area contributed by atoms with Crippen LogP contribution in [0.5, 0.6) is 11.5 Å². The Morgan fingerprint density at radius 1 is 1.04 bits per heavy atom. The number of esters is 1. The summed E-state index contributed by atoms with van der Waals surface area (Å²) in [5.74, 6) is 0.314. The summed E-state index contributed by atoms with van der Waals surface area (Å²) < 4.78 is 23.8. The molecule has 0 aliphatic rings. The zero-order chi connectivity index (χ0) is 18.2. The van der Waals surface area contributed by atoms with Gasteiger partial charge in [-0.1, -0.05) is 12.1 Å². The Bertz CT molecular complexity index is 896. The molecule has 3 aromatic rings. The van der Waals surface area contributed by atoms with Crippen LogP contribution in [-0.2, 0) is 16.1 Å². The Hall–Kier alpha value is -3.54. The van der Waals surface area contributed by atoms with Gasteiger partial charge in [0, 0.05) is 18.5 Å². The Kier molecular flexibility index (Phi) is 5.67. The van der Waals surface area contributed by atoms with Crippen LogP contribution in [-0.4, -0.2) is 15.9 Å². The number of carbonyl (C=O) groups excluding carboxylic acids is 1. The third-order valence-corrected chi connectivity index (χ3v) is 3.31. The Balaban J connectivity index is 1.50. The van der Waals surface area contributed by atoms with Crippen molar-refractivity contribution in [3.8, 4) is 11.5 Å². The van der Waals surface area contributed by atoms with E-state index in [0.717, 1.165) is 11.8 Å². The van der Waals surface area contributed by atoms with E-state index in [9.17, 15) is 9.18 Å². The minimum atomic E-state index is -0.523. The number of benzene rings is 1. The highest BCUT2D eigenvalue weighted by Crippen LogP contribution is 2.20. The summed E-state index contributed by atoms with van der Waals surface area (Å²) in [4.78, 5) is 19.4. The third kappa shape index (κ3) is 5.24. The van der Waals surface area contributed by atoms with E-state index in [2.05, 4.69) is 9.97 Å². The van der Waals surface area contributed by atoms with E-state index in [1.54, 1.807) is 42.7 Å². The van der Waals surface area contributed by atoms with E-state index in [1.165, 1.54) is 24.4 Å². The van der Waals surface area contributed by atoms with Crippen molar-refractivity contribution < 1.29 is 18.7 Å². The average molecular weight is 350 g/mol. The molecule has 0 amide bonds. The van der Waals surface area contributed by atoms with Crippen LogP contribution in [0.25, 0.3) is 6.08 Å². The van der Waals surface area contributed by atoms with Crippen molar-refractivity contribution in [1.29, 1.82) is 0 Å². The van der Waals surface area contributed by atoms with Gasteiger partial charge in [0.05, 0.1) is 12.4 Å². The van der Waals surface area contributed by atoms with Crippen molar-refractivity contribution >= 4 is 12.0 Å². The second-order valence-corrected chi connectivity index (χ2v) is 5.31. The maximum Gasteiger partial charge on any atom is 0.331 e. The van der Waals surface area contributed by atoms with Crippen molar-refractivity contribution in [2.24, 2.45) is 0 Å². The molecule has 130 valence electrons. The minimum absolute atomic E-state index is 0.123. The van der Waals surface area contributed by atoms with Crippen LogP contribution < -0.4 is 4.74 Å². The Labute approximate surface area is 149 Å². The fraction of sp³-hybridized carbons (Fsp3) is 0.0500. The molecule has 0 N–H and O–H groups in total. The lowest BCUT2D eigenvalue weighted by Gasteiger charge is -2.06. The van der Waals surface area contributed by atoms with E-state index in [-0.39, 0.29) is 6.61 Å². The topological polar surface area (TPSA) is 61.3 Å². The number of hydrogen-bond acceptors (Lipinski definition) is 5. The van der Waals surface area contributed by atoms with Crippen molar-refractivity contribution in [2.75, 3.05) is 0 Å². The summed E-state index contributed by atoms with van der Waals surface area (Å²) >= 11 is 0. The molecule has 6 heteroatoms. The summed E-state index contributed by atoms with van der Waals surface area (Å²) in [6.45, 7) is 0.123. The molecule has 0 saturated carbocycles. The molecule has 0 aliphatic carbocycles. The molecule has 0 atom stereocenters. The molecule has 0 radical (unpaired) electrons. The van der Waals surface area contributed by atoms with Crippen LogP contribution >= 0.6 is 0 Å². The zero-order valence-electron chi connectivity index (χ0n) is 13.7. The predicted octanol–water partition coefficient (Wildman–Crippen LogP) is 4.16. The van der Waals surface area contributed by atoms with Crippen LogP contribution in [0, 0.1) is 5.82 Å². The first kappa shape index (κ1) is 17.3. The van der Waals surface area contributed by atoms with Gasteiger partial charge in [0.1, 0.15) is 23.9 Å². The Morgan fingerprint density at radius 2 is 1.88 bits per heavy atom.